The average molecular weight is 469 g/mol. The lowest BCUT2D eigenvalue weighted by atomic mass is 9.71. The van der Waals surface area contributed by atoms with Crippen LogP contribution < -0.4 is 5.32 Å². The number of nitrogens with one attached hydrogen (secondary N) is 2. The second kappa shape index (κ2) is 8.14. The molecule has 0 bridgehead atoms. The van der Waals surface area contributed by atoms with Crippen molar-refractivity contribution in [2.75, 3.05) is 6.54 Å². The number of fused-ring (bicyclic) bond motifs is 1. The van der Waals surface area contributed by atoms with Gasteiger partial charge in [0.15, 0.2) is 11.7 Å². The monoisotopic (exact) mass is 468 g/mol. The smallest absolute Gasteiger partial charge is 0.360 e. The fourth-order valence-corrected chi connectivity index (χ4v) is 5.75. The number of imidazole rings is 1. The van der Waals surface area contributed by atoms with Gasteiger partial charge in [-0.1, -0.05) is 57.9 Å². The fourth-order valence-electron chi connectivity index (χ4n) is 5.75. The van der Waals surface area contributed by atoms with Gasteiger partial charge in [-0.05, 0) is 59.9 Å². The molecule has 1 fully saturated rings. The first-order valence-electron chi connectivity index (χ1n) is 12.0. The molecular formula is C27H31F3N4. The number of halogens is 3. The van der Waals surface area contributed by atoms with Crippen molar-refractivity contribution in [2.45, 2.75) is 64.6 Å². The van der Waals surface area contributed by atoms with Crippen LogP contribution in [-0.2, 0) is 6.18 Å². The summed E-state index contributed by atoms with van der Waals surface area (Å²) in [7, 11) is 0. The summed E-state index contributed by atoms with van der Waals surface area (Å²) in [6.07, 6.45) is 1.46. The average Bonchev–Trinajstić information content (AvgIpc) is 3.35. The van der Waals surface area contributed by atoms with Crippen molar-refractivity contribution < 1.29 is 13.2 Å². The number of aromatic amines is 1. The number of amidine groups is 1. The summed E-state index contributed by atoms with van der Waals surface area (Å²) < 4.78 is 40.5. The molecule has 2 aliphatic rings. The van der Waals surface area contributed by atoms with Crippen LogP contribution in [0, 0.1) is 11.3 Å². The number of benzene rings is 2. The molecule has 7 heteroatoms. The lowest BCUT2D eigenvalue weighted by Gasteiger charge is -2.40. The molecule has 1 spiro atoms. The Kier molecular flexibility index (Phi) is 5.49. The zero-order chi connectivity index (χ0) is 24.1. The van der Waals surface area contributed by atoms with Gasteiger partial charge in [-0.25, -0.2) is 4.98 Å². The van der Waals surface area contributed by atoms with Gasteiger partial charge in [0.25, 0.3) is 0 Å². The van der Waals surface area contributed by atoms with Gasteiger partial charge in [0, 0.05) is 0 Å². The number of rotatable bonds is 3. The van der Waals surface area contributed by atoms with Crippen molar-refractivity contribution in [3.8, 4) is 11.1 Å². The van der Waals surface area contributed by atoms with Crippen LogP contribution in [0.4, 0.5) is 13.2 Å². The van der Waals surface area contributed by atoms with E-state index in [2.05, 4.69) is 36.1 Å². The van der Waals surface area contributed by atoms with E-state index in [4.69, 9.17) is 4.99 Å². The highest BCUT2D eigenvalue weighted by molar-refractivity contribution is 6.00. The van der Waals surface area contributed by atoms with E-state index in [1.54, 1.807) is 24.3 Å². The zero-order valence-electron chi connectivity index (χ0n) is 19.9. The Morgan fingerprint density at radius 2 is 1.88 bits per heavy atom. The van der Waals surface area contributed by atoms with Crippen LogP contribution in [0.3, 0.4) is 0 Å². The molecule has 1 saturated carbocycles. The van der Waals surface area contributed by atoms with Crippen LogP contribution in [0.1, 0.15) is 64.3 Å². The Bertz CT molecular complexity index is 1230. The van der Waals surface area contributed by atoms with E-state index in [0.29, 0.717) is 33.8 Å². The van der Waals surface area contributed by atoms with Gasteiger partial charge in [-0.15, -0.1) is 0 Å². The van der Waals surface area contributed by atoms with Crippen LogP contribution in [0.25, 0.3) is 22.2 Å². The minimum absolute atomic E-state index is 0.0146. The Balaban J connectivity index is 1.38. The molecule has 2 N–H and O–H groups in total. The van der Waals surface area contributed by atoms with Gasteiger partial charge < -0.3 is 10.3 Å². The minimum atomic E-state index is -4.41. The fraction of sp³-hybridized carbons (Fsp3) is 0.481. The predicted molar refractivity (Wildman–Crippen MR) is 130 cm³/mol. The first kappa shape index (κ1) is 22.9. The molecule has 2 atom stereocenters. The number of H-pyrrole nitrogens is 1. The standard InChI is InChI=1S/C27H31F3N4/c1-25(2,3)14-17-7-6-12-26(15-17)16-31-23(34-26)24-32-21-11-10-18(13-22(21)33-24)19-8-4-5-9-20(19)27(28,29)30/h4-5,8-11,13,17H,6-7,12,14-16H2,1-3H3,(H,31,34)(H,32,33). The second-order valence-corrected chi connectivity index (χ2v) is 11.2. The second-order valence-electron chi connectivity index (χ2n) is 11.2. The Morgan fingerprint density at radius 1 is 1.09 bits per heavy atom. The topological polar surface area (TPSA) is 53.1 Å². The molecule has 0 amide bonds. The maximum absolute atomic E-state index is 13.5. The van der Waals surface area contributed by atoms with E-state index in [0.717, 1.165) is 31.3 Å². The number of aliphatic imine (C=N–C) groups is 1. The summed E-state index contributed by atoms with van der Waals surface area (Å²) in [5.41, 5.74) is 1.74. The minimum Gasteiger partial charge on any atom is -0.360 e. The molecule has 1 aliphatic heterocycles. The van der Waals surface area contributed by atoms with Crippen molar-refractivity contribution in [3.05, 3.63) is 53.9 Å². The Hall–Kier alpha value is -2.83. The number of alkyl halides is 3. The number of hydrogen-bond donors (Lipinski definition) is 2. The lowest BCUT2D eigenvalue weighted by molar-refractivity contribution is -0.137. The molecule has 1 aliphatic carbocycles. The maximum atomic E-state index is 13.5. The zero-order valence-corrected chi connectivity index (χ0v) is 19.9. The summed E-state index contributed by atoms with van der Waals surface area (Å²) >= 11 is 0. The number of hydrogen-bond acceptors (Lipinski definition) is 3. The molecular weight excluding hydrogens is 437 g/mol. The summed E-state index contributed by atoms with van der Waals surface area (Å²) in [5, 5.41) is 3.68. The third-order valence-electron chi connectivity index (χ3n) is 7.02. The number of nitrogens with zero attached hydrogens (tertiary/aromatic N) is 2. The molecule has 2 aromatic carbocycles. The summed E-state index contributed by atoms with van der Waals surface area (Å²) in [5.74, 6) is 2.08. The van der Waals surface area contributed by atoms with Crippen LogP contribution in [0.15, 0.2) is 47.5 Å². The van der Waals surface area contributed by atoms with Gasteiger partial charge in [-0.3, -0.25) is 4.99 Å². The molecule has 3 aromatic rings. The van der Waals surface area contributed by atoms with Crippen LogP contribution in [0.5, 0.6) is 0 Å². The SMILES string of the molecule is CC(C)(C)CC1CCCC2(CN=C(c3nc4ccc(-c5ccccc5C(F)(F)F)cc4[nH]3)N2)C1. The normalized spacial score (nSPS) is 23.4. The van der Waals surface area contributed by atoms with E-state index in [-0.39, 0.29) is 11.1 Å². The quantitative estimate of drug-likeness (QED) is 0.436. The third kappa shape index (κ3) is 4.57. The van der Waals surface area contributed by atoms with Crippen LogP contribution in [-0.4, -0.2) is 27.9 Å². The van der Waals surface area contributed by atoms with Crippen molar-refractivity contribution in [2.24, 2.45) is 16.3 Å². The molecule has 0 saturated heterocycles. The van der Waals surface area contributed by atoms with Gasteiger partial charge in [-0.2, -0.15) is 13.2 Å². The van der Waals surface area contributed by atoms with Gasteiger partial charge in [0.1, 0.15) is 0 Å². The molecule has 180 valence electrons. The molecule has 2 heterocycles. The summed E-state index contributed by atoms with van der Waals surface area (Å²) in [4.78, 5) is 12.8. The van der Waals surface area contributed by atoms with E-state index in [1.807, 2.05) is 0 Å². The summed E-state index contributed by atoms with van der Waals surface area (Å²) in [6.45, 7) is 7.64. The molecule has 4 nitrogen and oxygen atoms in total. The maximum Gasteiger partial charge on any atom is 0.417 e. The predicted octanol–water partition coefficient (Wildman–Crippen LogP) is 6.96. The molecule has 2 unspecified atom stereocenters. The van der Waals surface area contributed by atoms with Gasteiger partial charge >= 0.3 is 6.18 Å². The van der Waals surface area contributed by atoms with E-state index < -0.39 is 11.7 Å². The van der Waals surface area contributed by atoms with Crippen molar-refractivity contribution in [1.82, 2.24) is 15.3 Å². The summed E-state index contributed by atoms with van der Waals surface area (Å²) in [6, 6.07) is 10.9. The van der Waals surface area contributed by atoms with E-state index >= 15 is 0 Å². The largest absolute Gasteiger partial charge is 0.417 e. The molecule has 5 rings (SSSR count). The molecule has 34 heavy (non-hydrogen) atoms. The van der Waals surface area contributed by atoms with Gasteiger partial charge in [0.2, 0.25) is 0 Å². The van der Waals surface area contributed by atoms with Crippen molar-refractivity contribution in [1.29, 1.82) is 0 Å². The third-order valence-corrected chi connectivity index (χ3v) is 7.02. The molecule has 0 radical (unpaired) electrons. The lowest BCUT2D eigenvalue weighted by Crippen LogP contribution is -2.49. The van der Waals surface area contributed by atoms with Crippen molar-refractivity contribution >= 4 is 16.9 Å². The van der Waals surface area contributed by atoms with Crippen LogP contribution >= 0.6 is 0 Å². The number of aromatic nitrogens is 2. The highest BCUT2D eigenvalue weighted by Crippen LogP contribution is 2.41. The van der Waals surface area contributed by atoms with Crippen LogP contribution in [0.2, 0.25) is 0 Å². The van der Waals surface area contributed by atoms with E-state index in [1.165, 1.54) is 31.4 Å². The first-order chi connectivity index (χ1) is 16.0. The Morgan fingerprint density at radius 3 is 2.65 bits per heavy atom. The highest BCUT2D eigenvalue weighted by atomic mass is 19.4. The van der Waals surface area contributed by atoms with Crippen molar-refractivity contribution in [3.63, 3.8) is 0 Å². The highest BCUT2D eigenvalue weighted by Gasteiger charge is 2.41. The first-order valence-corrected chi connectivity index (χ1v) is 12.0. The van der Waals surface area contributed by atoms with Gasteiger partial charge in [0.05, 0.1) is 28.7 Å². The molecule has 1 aromatic heterocycles. The van der Waals surface area contributed by atoms with E-state index in [9.17, 15) is 13.2 Å². The Labute approximate surface area is 198 Å².